The number of ether oxygens (including phenoxy) is 1. The maximum absolute atomic E-state index is 11.4. The van der Waals surface area contributed by atoms with Gasteiger partial charge in [-0.05, 0) is 44.6 Å². The number of nitrogens with zero attached hydrogens (tertiary/aromatic N) is 2. The van der Waals surface area contributed by atoms with Gasteiger partial charge in [0.1, 0.15) is 5.69 Å². The highest BCUT2D eigenvalue weighted by atomic mass is 16.5. The predicted octanol–water partition coefficient (Wildman–Crippen LogP) is 2.38. The Balaban J connectivity index is 1.82. The normalized spacial score (nSPS) is 23.0. The molecule has 5 nitrogen and oxygen atoms in total. The van der Waals surface area contributed by atoms with Crippen LogP contribution in [0.3, 0.4) is 0 Å². The highest BCUT2D eigenvalue weighted by Gasteiger charge is 2.24. The van der Waals surface area contributed by atoms with Crippen LogP contribution >= 0.6 is 0 Å². The second-order valence-electron chi connectivity index (χ2n) is 5.02. The number of aromatic nitrogens is 2. The molecule has 1 aliphatic rings. The van der Waals surface area contributed by atoms with E-state index >= 15 is 0 Å². The summed E-state index contributed by atoms with van der Waals surface area (Å²) in [7, 11) is 0. The summed E-state index contributed by atoms with van der Waals surface area (Å²) in [5.74, 6) is 0.338. The van der Waals surface area contributed by atoms with Crippen LogP contribution in [0.15, 0.2) is 12.3 Å². The monoisotopic (exact) mass is 264 g/mol. The SMILES string of the molecule is CCOC(=O)CC1CCC(n2ccc(C=O)n2)CC1. The largest absolute Gasteiger partial charge is 0.466 e. The second-order valence-corrected chi connectivity index (χ2v) is 5.02. The molecule has 1 saturated carbocycles. The molecule has 0 N–H and O–H groups in total. The molecule has 1 aliphatic carbocycles. The van der Waals surface area contributed by atoms with Crippen molar-refractivity contribution in [3.63, 3.8) is 0 Å². The van der Waals surface area contributed by atoms with Gasteiger partial charge in [0, 0.05) is 12.6 Å². The van der Waals surface area contributed by atoms with Crippen molar-refractivity contribution in [2.24, 2.45) is 5.92 Å². The summed E-state index contributed by atoms with van der Waals surface area (Å²) in [6.07, 6.45) is 7.19. The van der Waals surface area contributed by atoms with Gasteiger partial charge in [0.05, 0.1) is 12.6 Å². The molecule has 2 rings (SSSR count). The van der Waals surface area contributed by atoms with Crippen LogP contribution in [0.5, 0.6) is 0 Å². The molecule has 0 saturated heterocycles. The summed E-state index contributed by atoms with van der Waals surface area (Å²) in [5.41, 5.74) is 0.480. The minimum absolute atomic E-state index is 0.0896. The van der Waals surface area contributed by atoms with E-state index in [2.05, 4.69) is 5.10 Å². The van der Waals surface area contributed by atoms with E-state index in [-0.39, 0.29) is 5.97 Å². The Kier molecular flexibility index (Phi) is 4.71. The van der Waals surface area contributed by atoms with E-state index in [1.165, 1.54) is 0 Å². The van der Waals surface area contributed by atoms with Crippen LogP contribution in [0.25, 0.3) is 0 Å². The third-order valence-electron chi connectivity index (χ3n) is 3.70. The summed E-state index contributed by atoms with van der Waals surface area (Å²) in [6, 6.07) is 2.09. The van der Waals surface area contributed by atoms with E-state index in [0.29, 0.717) is 30.7 Å². The number of rotatable bonds is 5. The highest BCUT2D eigenvalue weighted by molar-refractivity contribution is 5.71. The molecule has 0 spiro atoms. The first kappa shape index (κ1) is 13.8. The van der Waals surface area contributed by atoms with Gasteiger partial charge in [0.15, 0.2) is 6.29 Å². The number of hydrogen-bond donors (Lipinski definition) is 0. The van der Waals surface area contributed by atoms with Crippen molar-refractivity contribution in [3.8, 4) is 0 Å². The van der Waals surface area contributed by atoms with E-state index < -0.39 is 0 Å². The Morgan fingerprint density at radius 1 is 1.47 bits per heavy atom. The van der Waals surface area contributed by atoms with Crippen molar-refractivity contribution in [1.82, 2.24) is 9.78 Å². The van der Waals surface area contributed by atoms with Crippen LogP contribution in [0.2, 0.25) is 0 Å². The summed E-state index contributed by atoms with van der Waals surface area (Å²) in [4.78, 5) is 22.0. The average molecular weight is 264 g/mol. The Hall–Kier alpha value is -1.65. The third kappa shape index (κ3) is 3.66. The van der Waals surface area contributed by atoms with Crippen LogP contribution in [0, 0.1) is 5.92 Å². The van der Waals surface area contributed by atoms with Crippen molar-refractivity contribution in [1.29, 1.82) is 0 Å². The fourth-order valence-electron chi connectivity index (χ4n) is 2.69. The van der Waals surface area contributed by atoms with Gasteiger partial charge in [-0.3, -0.25) is 14.3 Å². The van der Waals surface area contributed by atoms with Crippen molar-refractivity contribution >= 4 is 12.3 Å². The minimum Gasteiger partial charge on any atom is -0.466 e. The first-order valence-electron chi connectivity index (χ1n) is 6.89. The molecule has 1 fully saturated rings. The van der Waals surface area contributed by atoms with Crippen molar-refractivity contribution in [3.05, 3.63) is 18.0 Å². The first-order chi connectivity index (χ1) is 9.22. The summed E-state index contributed by atoms with van der Waals surface area (Å²) >= 11 is 0. The fourth-order valence-corrected chi connectivity index (χ4v) is 2.69. The molecule has 0 unspecified atom stereocenters. The van der Waals surface area contributed by atoms with Gasteiger partial charge < -0.3 is 4.74 Å². The van der Waals surface area contributed by atoms with Crippen LogP contribution < -0.4 is 0 Å². The molecule has 0 amide bonds. The summed E-state index contributed by atoms with van der Waals surface area (Å²) < 4.78 is 6.86. The Bertz CT molecular complexity index is 434. The standard InChI is InChI=1S/C14H20N2O3/c1-2-19-14(18)9-11-3-5-13(6-4-11)16-8-7-12(10-17)15-16/h7-8,10-11,13H,2-6,9H2,1H3. The molecule has 0 radical (unpaired) electrons. The number of aldehydes is 1. The first-order valence-corrected chi connectivity index (χ1v) is 6.89. The van der Waals surface area contributed by atoms with Crippen LogP contribution in [-0.4, -0.2) is 28.6 Å². The molecule has 0 atom stereocenters. The van der Waals surface area contributed by atoms with E-state index in [9.17, 15) is 9.59 Å². The van der Waals surface area contributed by atoms with Gasteiger partial charge in [0.2, 0.25) is 0 Å². The fraction of sp³-hybridized carbons (Fsp3) is 0.643. The third-order valence-corrected chi connectivity index (χ3v) is 3.70. The lowest BCUT2D eigenvalue weighted by Gasteiger charge is -2.28. The molecule has 0 bridgehead atoms. The van der Waals surface area contributed by atoms with Gasteiger partial charge in [-0.25, -0.2) is 0 Å². The van der Waals surface area contributed by atoms with Gasteiger partial charge in [-0.2, -0.15) is 5.10 Å². The molecule has 0 aliphatic heterocycles. The van der Waals surface area contributed by atoms with Crippen LogP contribution in [0.1, 0.15) is 55.6 Å². The molecular formula is C14H20N2O3. The number of carbonyl (C=O) groups excluding carboxylic acids is 2. The smallest absolute Gasteiger partial charge is 0.306 e. The molecule has 1 aromatic rings. The van der Waals surface area contributed by atoms with E-state index in [0.717, 1.165) is 32.0 Å². The van der Waals surface area contributed by atoms with Crippen LogP contribution in [0.4, 0.5) is 0 Å². The zero-order valence-corrected chi connectivity index (χ0v) is 11.2. The average Bonchev–Trinajstić information content (AvgIpc) is 2.88. The molecule has 19 heavy (non-hydrogen) atoms. The van der Waals surface area contributed by atoms with E-state index in [1.54, 1.807) is 6.07 Å². The van der Waals surface area contributed by atoms with Gasteiger partial charge in [0.25, 0.3) is 0 Å². The Labute approximate surface area is 112 Å². The molecular weight excluding hydrogens is 244 g/mol. The molecule has 1 aromatic heterocycles. The number of hydrogen-bond acceptors (Lipinski definition) is 4. The summed E-state index contributed by atoms with van der Waals surface area (Å²) in [6.45, 7) is 2.28. The second kappa shape index (κ2) is 6.50. The molecule has 1 heterocycles. The van der Waals surface area contributed by atoms with Crippen LogP contribution in [-0.2, 0) is 9.53 Å². The predicted molar refractivity (Wildman–Crippen MR) is 69.9 cm³/mol. The summed E-state index contributed by atoms with van der Waals surface area (Å²) in [5, 5.41) is 4.22. The topological polar surface area (TPSA) is 61.2 Å². The zero-order chi connectivity index (χ0) is 13.7. The molecule has 104 valence electrons. The lowest BCUT2D eigenvalue weighted by atomic mass is 9.84. The highest BCUT2D eigenvalue weighted by Crippen LogP contribution is 2.33. The maximum atomic E-state index is 11.4. The van der Waals surface area contributed by atoms with Gasteiger partial charge in [-0.15, -0.1) is 0 Å². The lowest BCUT2D eigenvalue weighted by molar-refractivity contribution is -0.144. The van der Waals surface area contributed by atoms with Gasteiger partial charge in [-0.1, -0.05) is 0 Å². The molecule has 5 heteroatoms. The number of esters is 1. The maximum Gasteiger partial charge on any atom is 0.306 e. The van der Waals surface area contributed by atoms with E-state index in [1.807, 2.05) is 17.8 Å². The molecule has 0 aromatic carbocycles. The minimum atomic E-state index is -0.0896. The Morgan fingerprint density at radius 2 is 2.21 bits per heavy atom. The van der Waals surface area contributed by atoms with Crippen molar-refractivity contribution in [2.75, 3.05) is 6.61 Å². The quantitative estimate of drug-likeness (QED) is 0.605. The van der Waals surface area contributed by atoms with Crippen molar-refractivity contribution in [2.45, 2.75) is 45.1 Å². The van der Waals surface area contributed by atoms with Gasteiger partial charge >= 0.3 is 5.97 Å². The number of carbonyl (C=O) groups is 2. The van der Waals surface area contributed by atoms with E-state index in [4.69, 9.17) is 4.74 Å². The Morgan fingerprint density at radius 3 is 2.79 bits per heavy atom. The van der Waals surface area contributed by atoms with Crippen molar-refractivity contribution < 1.29 is 14.3 Å². The lowest BCUT2D eigenvalue weighted by Crippen LogP contribution is -2.21. The zero-order valence-electron chi connectivity index (χ0n) is 11.2.